The standard InChI is InChI=1S/C9H20N2O/c1-8(2,12)4-5-11-6-9(3,10)7-11/h12H,4-7,10H2,1-3H3. The van der Waals surface area contributed by atoms with Crippen LogP contribution >= 0.6 is 0 Å². The molecule has 1 rings (SSSR count). The van der Waals surface area contributed by atoms with Crippen molar-refractivity contribution in [2.75, 3.05) is 19.6 Å². The van der Waals surface area contributed by atoms with Gasteiger partial charge in [0.2, 0.25) is 0 Å². The Balaban J connectivity index is 2.12. The molecule has 3 nitrogen and oxygen atoms in total. The van der Waals surface area contributed by atoms with E-state index >= 15 is 0 Å². The monoisotopic (exact) mass is 172 g/mol. The average molecular weight is 172 g/mol. The maximum absolute atomic E-state index is 9.46. The molecule has 0 aromatic carbocycles. The second kappa shape index (κ2) is 2.98. The van der Waals surface area contributed by atoms with Crippen LogP contribution in [0.25, 0.3) is 0 Å². The first-order chi connectivity index (χ1) is 5.29. The first kappa shape index (κ1) is 9.96. The predicted octanol–water partition coefficient (Wildman–Crippen LogP) is 0.180. The van der Waals surface area contributed by atoms with Gasteiger partial charge in [0.25, 0.3) is 0 Å². The number of aliphatic hydroxyl groups is 1. The molecule has 0 amide bonds. The third-order valence-corrected chi connectivity index (χ3v) is 2.21. The summed E-state index contributed by atoms with van der Waals surface area (Å²) in [6, 6.07) is 0. The smallest absolute Gasteiger partial charge is 0.0603 e. The van der Waals surface area contributed by atoms with Crippen molar-refractivity contribution in [2.24, 2.45) is 5.73 Å². The maximum Gasteiger partial charge on any atom is 0.0603 e. The number of hydrogen-bond donors (Lipinski definition) is 2. The number of nitrogens with zero attached hydrogens (tertiary/aromatic N) is 1. The van der Waals surface area contributed by atoms with Gasteiger partial charge in [-0.1, -0.05) is 0 Å². The Morgan fingerprint density at radius 3 is 2.33 bits per heavy atom. The molecular formula is C9H20N2O. The largest absolute Gasteiger partial charge is 0.390 e. The number of hydrogen-bond acceptors (Lipinski definition) is 3. The van der Waals surface area contributed by atoms with Crippen LogP contribution in [0.5, 0.6) is 0 Å². The third kappa shape index (κ3) is 3.09. The van der Waals surface area contributed by atoms with Crippen LogP contribution in [0, 0.1) is 0 Å². The van der Waals surface area contributed by atoms with Crippen molar-refractivity contribution in [3.05, 3.63) is 0 Å². The summed E-state index contributed by atoms with van der Waals surface area (Å²) in [7, 11) is 0. The van der Waals surface area contributed by atoms with Crippen LogP contribution in [0.1, 0.15) is 27.2 Å². The second-order valence-electron chi connectivity index (χ2n) is 4.93. The summed E-state index contributed by atoms with van der Waals surface area (Å²) < 4.78 is 0. The molecule has 0 radical (unpaired) electrons. The minimum Gasteiger partial charge on any atom is -0.390 e. The van der Waals surface area contributed by atoms with E-state index in [0.717, 1.165) is 26.1 Å². The minimum atomic E-state index is -0.541. The van der Waals surface area contributed by atoms with E-state index in [1.54, 1.807) is 0 Å². The topological polar surface area (TPSA) is 49.5 Å². The Morgan fingerprint density at radius 2 is 2.00 bits per heavy atom. The highest BCUT2D eigenvalue weighted by atomic mass is 16.3. The van der Waals surface area contributed by atoms with Crippen molar-refractivity contribution in [3.8, 4) is 0 Å². The third-order valence-electron chi connectivity index (χ3n) is 2.21. The lowest BCUT2D eigenvalue weighted by atomic mass is 9.92. The van der Waals surface area contributed by atoms with Crippen molar-refractivity contribution in [3.63, 3.8) is 0 Å². The first-order valence-electron chi connectivity index (χ1n) is 4.52. The minimum absolute atomic E-state index is 0.0135. The Labute approximate surface area is 74.5 Å². The number of rotatable bonds is 3. The zero-order valence-electron chi connectivity index (χ0n) is 8.30. The van der Waals surface area contributed by atoms with Gasteiger partial charge in [-0.2, -0.15) is 0 Å². The predicted molar refractivity (Wildman–Crippen MR) is 49.9 cm³/mol. The van der Waals surface area contributed by atoms with Crippen LogP contribution in [-0.2, 0) is 0 Å². The fourth-order valence-electron chi connectivity index (χ4n) is 1.57. The molecule has 1 saturated heterocycles. The molecule has 3 heteroatoms. The molecule has 0 bridgehead atoms. The van der Waals surface area contributed by atoms with E-state index in [-0.39, 0.29) is 5.54 Å². The van der Waals surface area contributed by atoms with E-state index in [1.807, 2.05) is 13.8 Å². The molecule has 3 N–H and O–H groups in total. The Morgan fingerprint density at radius 1 is 1.50 bits per heavy atom. The SMILES string of the molecule is CC(C)(O)CCN1CC(C)(N)C1. The molecule has 0 unspecified atom stereocenters. The summed E-state index contributed by atoms with van der Waals surface area (Å²) in [6.45, 7) is 8.62. The molecule has 1 fully saturated rings. The van der Waals surface area contributed by atoms with Crippen molar-refractivity contribution >= 4 is 0 Å². The van der Waals surface area contributed by atoms with E-state index in [9.17, 15) is 5.11 Å². The highest BCUT2D eigenvalue weighted by molar-refractivity contribution is 4.96. The fraction of sp³-hybridized carbons (Fsp3) is 1.00. The van der Waals surface area contributed by atoms with Crippen LogP contribution in [0.4, 0.5) is 0 Å². The molecule has 0 aromatic heterocycles. The van der Waals surface area contributed by atoms with Gasteiger partial charge in [-0.15, -0.1) is 0 Å². The number of likely N-dealkylation sites (tertiary alicyclic amines) is 1. The van der Waals surface area contributed by atoms with Gasteiger partial charge in [0, 0.05) is 25.2 Å². The lowest BCUT2D eigenvalue weighted by Crippen LogP contribution is -2.65. The van der Waals surface area contributed by atoms with Gasteiger partial charge in [-0.05, 0) is 27.2 Å². The maximum atomic E-state index is 9.46. The Bertz CT molecular complexity index is 152. The van der Waals surface area contributed by atoms with E-state index in [1.165, 1.54) is 0 Å². The fourth-order valence-corrected chi connectivity index (χ4v) is 1.57. The molecule has 0 aliphatic carbocycles. The number of nitrogens with two attached hydrogens (primary N) is 1. The molecule has 0 atom stereocenters. The van der Waals surface area contributed by atoms with Crippen molar-refractivity contribution in [2.45, 2.75) is 38.3 Å². The van der Waals surface area contributed by atoms with E-state index in [0.29, 0.717) is 0 Å². The summed E-state index contributed by atoms with van der Waals surface area (Å²) in [5, 5.41) is 9.46. The summed E-state index contributed by atoms with van der Waals surface area (Å²) in [5.74, 6) is 0. The quantitative estimate of drug-likeness (QED) is 0.638. The Kier molecular flexibility index (Phi) is 2.47. The van der Waals surface area contributed by atoms with Crippen LogP contribution in [0.15, 0.2) is 0 Å². The van der Waals surface area contributed by atoms with Crippen molar-refractivity contribution < 1.29 is 5.11 Å². The molecule has 0 saturated carbocycles. The Hall–Kier alpha value is -0.120. The molecular weight excluding hydrogens is 152 g/mol. The van der Waals surface area contributed by atoms with Gasteiger partial charge >= 0.3 is 0 Å². The second-order valence-corrected chi connectivity index (χ2v) is 4.93. The molecule has 1 aliphatic heterocycles. The van der Waals surface area contributed by atoms with Gasteiger partial charge in [-0.3, -0.25) is 4.90 Å². The van der Waals surface area contributed by atoms with Crippen molar-refractivity contribution in [1.29, 1.82) is 0 Å². The summed E-state index contributed by atoms with van der Waals surface area (Å²) in [6.07, 6.45) is 0.822. The molecule has 0 aromatic rings. The van der Waals surface area contributed by atoms with Gasteiger partial charge < -0.3 is 10.8 Å². The molecule has 1 aliphatic rings. The van der Waals surface area contributed by atoms with Crippen LogP contribution < -0.4 is 5.73 Å². The highest BCUT2D eigenvalue weighted by Crippen LogP contribution is 2.19. The van der Waals surface area contributed by atoms with Crippen LogP contribution in [0.2, 0.25) is 0 Å². The summed E-state index contributed by atoms with van der Waals surface area (Å²) in [5.41, 5.74) is 5.32. The molecule has 1 heterocycles. The van der Waals surface area contributed by atoms with Crippen LogP contribution in [-0.4, -0.2) is 40.8 Å². The lowest BCUT2D eigenvalue weighted by Gasteiger charge is -2.46. The van der Waals surface area contributed by atoms with Gasteiger partial charge in [0.05, 0.1) is 5.60 Å². The molecule has 0 spiro atoms. The summed E-state index contributed by atoms with van der Waals surface area (Å²) >= 11 is 0. The molecule has 72 valence electrons. The highest BCUT2D eigenvalue weighted by Gasteiger charge is 2.34. The van der Waals surface area contributed by atoms with Gasteiger partial charge in [-0.25, -0.2) is 0 Å². The normalized spacial score (nSPS) is 23.8. The first-order valence-corrected chi connectivity index (χ1v) is 4.52. The molecule has 12 heavy (non-hydrogen) atoms. The van der Waals surface area contributed by atoms with E-state index in [4.69, 9.17) is 5.73 Å². The zero-order chi connectivity index (χ0) is 9.41. The summed E-state index contributed by atoms with van der Waals surface area (Å²) in [4.78, 5) is 2.28. The average Bonchev–Trinajstić information content (AvgIpc) is 1.76. The van der Waals surface area contributed by atoms with Gasteiger partial charge in [0.1, 0.15) is 0 Å². The van der Waals surface area contributed by atoms with Gasteiger partial charge in [0.15, 0.2) is 0 Å². The van der Waals surface area contributed by atoms with E-state index in [2.05, 4.69) is 11.8 Å². The van der Waals surface area contributed by atoms with E-state index < -0.39 is 5.60 Å². The zero-order valence-corrected chi connectivity index (χ0v) is 8.30. The van der Waals surface area contributed by atoms with Crippen LogP contribution in [0.3, 0.4) is 0 Å². The lowest BCUT2D eigenvalue weighted by molar-refractivity contribution is 0.0258. The van der Waals surface area contributed by atoms with Crippen molar-refractivity contribution in [1.82, 2.24) is 4.90 Å².